The molecule has 2 heterocycles. The molecule has 0 unspecified atom stereocenters. The summed E-state index contributed by atoms with van der Waals surface area (Å²) in [6.07, 6.45) is 2.65. The standard InChI is InChI=1S/C16H18ClN5O/c1-3-11-9-20-22-15(7-14(17)21-16(11)22)19-8-10-4-5-12(18-2)13(23)6-10/h4-7,9,18-19,23H,3,8H2,1-2H3. The predicted molar refractivity (Wildman–Crippen MR) is 92.4 cm³/mol. The van der Waals surface area contributed by atoms with Crippen molar-refractivity contribution in [2.24, 2.45) is 0 Å². The molecule has 0 aliphatic rings. The van der Waals surface area contributed by atoms with Crippen LogP contribution in [-0.4, -0.2) is 26.8 Å². The van der Waals surface area contributed by atoms with Crippen LogP contribution in [0.3, 0.4) is 0 Å². The topological polar surface area (TPSA) is 74.5 Å². The molecule has 3 aromatic rings. The number of phenolic OH excluding ortho intramolecular Hbond substituents is 1. The minimum atomic E-state index is 0.220. The third kappa shape index (κ3) is 3.03. The number of aromatic nitrogens is 3. The molecule has 3 rings (SSSR count). The Morgan fingerprint density at radius 1 is 1.30 bits per heavy atom. The highest BCUT2D eigenvalue weighted by atomic mass is 35.5. The smallest absolute Gasteiger partial charge is 0.162 e. The Morgan fingerprint density at radius 2 is 2.13 bits per heavy atom. The summed E-state index contributed by atoms with van der Waals surface area (Å²) in [5.74, 6) is 0.981. The zero-order valence-electron chi connectivity index (χ0n) is 13.0. The predicted octanol–water partition coefficient (Wildman–Crippen LogP) is 3.30. The van der Waals surface area contributed by atoms with Gasteiger partial charge in [-0.3, -0.25) is 0 Å². The van der Waals surface area contributed by atoms with E-state index in [1.54, 1.807) is 29.9 Å². The average Bonchev–Trinajstić information content (AvgIpc) is 2.95. The molecule has 0 fully saturated rings. The van der Waals surface area contributed by atoms with E-state index in [-0.39, 0.29) is 5.75 Å². The number of rotatable bonds is 5. The first-order valence-corrected chi connectivity index (χ1v) is 7.77. The lowest BCUT2D eigenvalue weighted by atomic mass is 10.2. The molecule has 0 aliphatic heterocycles. The molecule has 0 bridgehead atoms. The quantitative estimate of drug-likeness (QED) is 0.494. The molecule has 0 saturated carbocycles. The number of hydrogen-bond acceptors (Lipinski definition) is 5. The molecule has 1 aromatic carbocycles. The molecule has 0 atom stereocenters. The van der Waals surface area contributed by atoms with Gasteiger partial charge in [-0.1, -0.05) is 24.6 Å². The third-order valence-corrected chi connectivity index (χ3v) is 3.89. The van der Waals surface area contributed by atoms with Gasteiger partial charge in [0.05, 0.1) is 11.9 Å². The molecule has 0 spiro atoms. The first kappa shape index (κ1) is 15.4. The van der Waals surface area contributed by atoms with Gasteiger partial charge in [0.15, 0.2) is 5.65 Å². The minimum absolute atomic E-state index is 0.220. The molecule has 2 aromatic heterocycles. The fraction of sp³-hybridized carbons (Fsp3) is 0.250. The highest BCUT2D eigenvalue weighted by molar-refractivity contribution is 6.29. The number of phenols is 1. The number of aromatic hydroxyl groups is 1. The molecule has 3 N–H and O–H groups in total. The Kier molecular flexibility index (Phi) is 4.25. The van der Waals surface area contributed by atoms with E-state index in [0.717, 1.165) is 29.0 Å². The van der Waals surface area contributed by atoms with Crippen molar-refractivity contribution < 1.29 is 5.11 Å². The van der Waals surface area contributed by atoms with Crippen molar-refractivity contribution in [3.63, 3.8) is 0 Å². The van der Waals surface area contributed by atoms with E-state index in [1.165, 1.54) is 0 Å². The molecule has 0 amide bonds. The van der Waals surface area contributed by atoms with Gasteiger partial charge in [0.25, 0.3) is 0 Å². The maximum Gasteiger partial charge on any atom is 0.162 e. The van der Waals surface area contributed by atoms with Crippen LogP contribution in [0, 0.1) is 0 Å². The maximum atomic E-state index is 9.90. The van der Waals surface area contributed by atoms with Gasteiger partial charge < -0.3 is 15.7 Å². The second-order valence-electron chi connectivity index (χ2n) is 5.18. The van der Waals surface area contributed by atoms with E-state index >= 15 is 0 Å². The normalized spacial score (nSPS) is 10.9. The van der Waals surface area contributed by atoms with E-state index in [4.69, 9.17) is 11.6 Å². The van der Waals surface area contributed by atoms with Crippen molar-refractivity contribution in [2.75, 3.05) is 17.7 Å². The van der Waals surface area contributed by atoms with E-state index < -0.39 is 0 Å². The highest BCUT2D eigenvalue weighted by Gasteiger charge is 2.10. The van der Waals surface area contributed by atoms with Crippen LogP contribution in [0.5, 0.6) is 5.75 Å². The van der Waals surface area contributed by atoms with Gasteiger partial charge in [0.1, 0.15) is 16.7 Å². The van der Waals surface area contributed by atoms with Gasteiger partial charge in [0, 0.05) is 25.2 Å². The number of fused-ring (bicyclic) bond motifs is 1. The summed E-state index contributed by atoms with van der Waals surface area (Å²) in [4.78, 5) is 4.34. The van der Waals surface area contributed by atoms with Crippen LogP contribution in [0.1, 0.15) is 18.1 Å². The zero-order chi connectivity index (χ0) is 16.4. The summed E-state index contributed by atoms with van der Waals surface area (Å²) in [6, 6.07) is 7.24. The Labute approximate surface area is 139 Å². The van der Waals surface area contributed by atoms with Crippen molar-refractivity contribution in [1.82, 2.24) is 14.6 Å². The van der Waals surface area contributed by atoms with Gasteiger partial charge in [-0.05, 0) is 24.1 Å². The Bertz CT molecular complexity index is 846. The average molecular weight is 332 g/mol. The molecule has 120 valence electrons. The molecular formula is C16H18ClN5O. The molecule has 0 aliphatic carbocycles. The summed E-state index contributed by atoms with van der Waals surface area (Å²) >= 11 is 6.12. The van der Waals surface area contributed by atoms with Crippen molar-refractivity contribution >= 4 is 28.8 Å². The summed E-state index contributed by atoms with van der Waals surface area (Å²) in [5.41, 5.74) is 3.45. The highest BCUT2D eigenvalue weighted by Crippen LogP contribution is 2.25. The van der Waals surface area contributed by atoms with E-state index in [9.17, 15) is 5.11 Å². The van der Waals surface area contributed by atoms with Crippen molar-refractivity contribution in [3.05, 3.63) is 46.7 Å². The number of benzene rings is 1. The van der Waals surface area contributed by atoms with Crippen LogP contribution in [0.4, 0.5) is 11.5 Å². The van der Waals surface area contributed by atoms with Crippen LogP contribution in [0.25, 0.3) is 5.65 Å². The van der Waals surface area contributed by atoms with Crippen LogP contribution in [0.2, 0.25) is 5.15 Å². The fourth-order valence-corrected chi connectivity index (χ4v) is 2.63. The fourth-order valence-electron chi connectivity index (χ4n) is 2.45. The Balaban J connectivity index is 1.87. The molecule has 0 saturated heterocycles. The summed E-state index contributed by atoms with van der Waals surface area (Å²) in [5, 5.41) is 20.9. The summed E-state index contributed by atoms with van der Waals surface area (Å²) < 4.78 is 1.74. The van der Waals surface area contributed by atoms with Crippen LogP contribution in [0.15, 0.2) is 30.5 Å². The lowest BCUT2D eigenvalue weighted by Gasteiger charge is -2.11. The zero-order valence-corrected chi connectivity index (χ0v) is 13.7. The monoisotopic (exact) mass is 331 g/mol. The van der Waals surface area contributed by atoms with E-state index in [0.29, 0.717) is 17.4 Å². The molecular weight excluding hydrogens is 314 g/mol. The molecule has 0 radical (unpaired) electrons. The molecule has 6 nitrogen and oxygen atoms in total. The van der Waals surface area contributed by atoms with Gasteiger partial charge in [0.2, 0.25) is 0 Å². The van der Waals surface area contributed by atoms with Gasteiger partial charge in [-0.25, -0.2) is 4.98 Å². The number of anilines is 2. The van der Waals surface area contributed by atoms with Crippen LogP contribution < -0.4 is 10.6 Å². The lowest BCUT2D eigenvalue weighted by Crippen LogP contribution is -2.06. The van der Waals surface area contributed by atoms with Crippen LogP contribution in [-0.2, 0) is 13.0 Å². The second-order valence-corrected chi connectivity index (χ2v) is 5.57. The maximum absolute atomic E-state index is 9.90. The van der Waals surface area contributed by atoms with Crippen molar-refractivity contribution in [3.8, 4) is 5.75 Å². The summed E-state index contributed by atoms with van der Waals surface area (Å²) in [7, 11) is 1.77. The SMILES string of the molecule is CCc1cnn2c(NCc3ccc(NC)c(O)c3)cc(Cl)nc12. The third-order valence-electron chi connectivity index (χ3n) is 3.70. The van der Waals surface area contributed by atoms with Crippen LogP contribution >= 0.6 is 11.6 Å². The molecule has 23 heavy (non-hydrogen) atoms. The van der Waals surface area contributed by atoms with Crippen molar-refractivity contribution in [2.45, 2.75) is 19.9 Å². The Morgan fingerprint density at radius 3 is 2.83 bits per heavy atom. The largest absolute Gasteiger partial charge is 0.506 e. The first-order valence-electron chi connectivity index (χ1n) is 7.39. The lowest BCUT2D eigenvalue weighted by molar-refractivity contribution is 0.477. The summed E-state index contributed by atoms with van der Waals surface area (Å²) in [6.45, 7) is 2.59. The van der Waals surface area contributed by atoms with Gasteiger partial charge in [-0.15, -0.1) is 0 Å². The number of aryl methyl sites for hydroxylation is 1. The van der Waals surface area contributed by atoms with Crippen molar-refractivity contribution in [1.29, 1.82) is 0 Å². The minimum Gasteiger partial charge on any atom is -0.506 e. The first-order chi connectivity index (χ1) is 11.1. The number of nitrogens with zero attached hydrogens (tertiary/aromatic N) is 3. The second kappa shape index (κ2) is 6.34. The van der Waals surface area contributed by atoms with Gasteiger partial charge in [-0.2, -0.15) is 9.61 Å². The number of hydrogen-bond donors (Lipinski definition) is 3. The Hall–Kier alpha value is -2.47. The van der Waals surface area contributed by atoms with E-state index in [2.05, 4.69) is 27.6 Å². The number of halogens is 1. The molecule has 7 heteroatoms. The van der Waals surface area contributed by atoms with E-state index in [1.807, 2.05) is 12.1 Å². The van der Waals surface area contributed by atoms with Gasteiger partial charge >= 0.3 is 0 Å². The number of nitrogens with one attached hydrogen (secondary N) is 2.